The molecule has 0 bridgehead atoms. The maximum Gasteiger partial charge on any atom is 0.432 e. The first-order chi connectivity index (χ1) is 12.1. The van der Waals surface area contributed by atoms with Crippen LogP contribution in [0.4, 0.5) is 9.59 Å². The van der Waals surface area contributed by atoms with Crippen molar-refractivity contribution in [2.24, 2.45) is 0 Å². The lowest BCUT2D eigenvalue weighted by Gasteiger charge is -2.30. The zero-order valence-corrected chi connectivity index (χ0v) is 13.8. The Balaban J connectivity index is 1.99. The third-order valence-corrected chi connectivity index (χ3v) is 3.14. The van der Waals surface area contributed by atoms with Crippen molar-refractivity contribution in [3.63, 3.8) is 0 Å². The average Bonchev–Trinajstić information content (AvgIpc) is 2.63. The van der Waals surface area contributed by atoms with Gasteiger partial charge in [-0.15, -0.1) is 18.2 Å². The molecule has 1 aromatic carbocycles. The number of para-hydroxylation sites is 2. The van der Waals surface area contributed by atoms with Gasteiger partial charge in [0.25, 0.3) is 0 Å². The molecular weight excluding hydrogens is 326 g/mol. The quantitative estimate of drug-likeness (QED) is 0.606. The van der Waals surface area contributed by atoms with E-state index in [1.165, 1.54) is 12.2 Å². The summed E-state index contributed by atoms with van der Waals surface area (Å²) < 4.78 is 11.4. The molecule has 1 atom stereocenters. The highest BCUT2D eigenvalue weighted by Crippen LogP contribution is 2.31. The van der Waals surface area contributed by atoms with E-state index in [1.807, 2.05) is 12.1 Å². The molecule has 8 nitrogen and oxygen atoms in total. The second kappa shape index (κ2) is 9.21. The summed E-state index contributed by atoms with van der Waals surface area (Å²) in [6.45, 7) is 7.69. The van der Waals surface area contributed by atoms with Gasteiger partial charge in [0.05, 0.1) is 0 Å². The van der Waals surface area contributed by atoms with Crippen LogP contribution in [0.15, 0.2) is 49.6 Å². The number of hydrogen-bond acceptors (Lipinski definition) is 5. The van der Waals surface area contributed by atoms with Crippen molar-refractivity contribution in [1.82, 2.24) is 15.7 Å². The SMILES string of the molecule is C=CCNC(=O)ON(CC1COc2ccccc2O1)C(=O)NCC=C. The monoisotopic (exact) mass is 347 g/mol. The van der Waals surface area contributed by atoms with Crippen LogP contribution in [-0.2, 0) is 4.84 Å². The van der Waals surface area contributed by atoms with Gasteiger partial charge in [0.15, 0.2) is 17.6 Å². The molecule has 0 spiro atoms. The smallest absolute Gasteiger partial charge is 0.432 e. The van der Waals surface area contributed by atoms with Gasteiger partial charge in [0.1, 0.15) is 13.2 Å². The Bertz CT molecular complexity index is 634. The first-order valence-electron chi connectivity index (χ1n) is 7.75. The highest BCUT2D eigenvalue weighted by molar-refractivity contribution is 5.76. The zero-order chi connectivity index (χ0) is 18.1. The normalized spacial score (nSPS) is 14.8. The van der Waals surface area contributed by atoms with Crippen LogP contribution in [-0.4, -0.2) is 49.5 Å². The van der Waals surface area contributed by atoms with Crippen molar-refractivity contribution in [2.75, 3.05) is 26.2 Å². The fourth-order valence-electron chi connectivity index (χ4n) is 2.04. The van der Waals surface area contributed by atoms with Crippen LogP contribution in [0.1, 0.15) is 0 Å². The molecular formula is C17H21N3O5. The number of ether oxygens (including phenoxy) is 2. The predicted molar refractivity (Wildman–Crippen MR) is 91.3 cm³/mol. The van der Waals surface area contributed by atoms with Crippen molar-refractivity contribution >= 4 is 12.1 Å². The molecule has 1 unspecified atom stereocenters. The number of hydrogen-bond donors (Lipinski definition) is 2. The number of amides is 3. The number of carbonyl (C=O) groups excluding carboxylic acids is 2. The summed E-state index contributed by atoms with van der Waals surface area (Å²) in [5.74, 6) is 1.20. The molecule has 0 fully saturated rings. The van der Waals surface area contributed by atoms with Crippen LogP contribution in [0.5, 0.6) is 11.5 Å². The predicted octanol–water partition coefficient (Wildman–Crippen LogP) is 1.85. The van der Waals surface area contributed by atoms with Gasteiger partial charge in [-0.3, -0.25) is 0 Å². The summed E-state index contributed by atoms with van der Waals surface area (Å²) in [6, 6.07) is 6.62. The second-order valence-electron chi connectivity index (χ2n) is 5.08. The van der Waals surface area contributed by atoms with E-state index >= 15 is 0 Å². The Morgan fingerprint density at radius 3 is 2.60 bits per heavy atom. The summed E-state index contributed by atoms with van der Waals surface area (Å²) in [4.78, 5) is 29.0. The van der Waals surface area contributed by atoms with Gasteiger partial charge >= 0.3 is 12.1 Å². The molecule has 1 heterocycles. The minimum absolute atomic E-state index is 0.00117. The van der Waals surface area contributed by atoms with Crippen LogP contribution in [0.3, 0.4) is 0 Å². The first kappa shape index (κ1) is 18.2. The fourth-order valence-corrected chi connectivity index (χ4v) is 2.04. The van der Waals surface area contributed by atoms with E-state index in [0.29, 0.717) is 11.5 Å². The third-order valence-electron chi connectivity index (χ3n) is 3.14. The number of nitrogens with zero attached hydrogens (tertiary/aromatic N) is 1. The maximum atomic E-state index is 12.2. The maximum absolute atomic E-state index is 12.2. The second-order valence-corrected chi connectivity index (χ2v) is 5.08. The average molecular weight is 347 g/mol. The number of nitrogens with one attached hydrogen (secondary N) is 2. The van der Waals surface area contributed by atoms with Gasteiger partial charge in [0, 0.05) is 13.1 Å². The van der Waals surface area contributed by atoms with Crippen molar-refractivity contribution in [3.05, 3.63) is 49.6 Å². The van der Waals surface area contributed by atoms with Crippen molar-refractivity contribution in [1.29, 1.82) is 0 Å². The van der Waals surface area contributed by atoms with Crippen LogP contribution in [0.2, 0.25) is 0 Å². The van der Waals surface area contributed by atoms with Crippen LogP contribution in [0, 0.1) is 0 Å². The Kier molecular flexibility index (Phi) is 6.70. The van der Waals surface area contributed by atoms with Gasteiger partial charge in [-0.1, -0.05) is 24.3 Å². The van der Waals surface area contributed by atoms with E-state index in [9.17, 15) is 9.59 Å². The Morgan fingerprint density at radius 1 is 1.20 bits per heavy atom. The molecule has 0 saturated heterocycles. The van der Waals surface area contributed by atoms with E-state index in [0.717, 1.165) is 5.06 Å². The molecule has 0 radical (unpaired) electrons. The Morgan fingerprint density at radius 2 is 1.88 bits per heavy atom. The fraction of sp³-hybridized carbons (Fsp3) is 0.294. The van der Waals surface area contributed by atoms with Crippen molar-refractivity contribution < 1.29 is 23.9 Å². The zero-order valence-electron chi connectivity index (χ0n) is 13.8. The molecule has 0 aromatic heterocycles. The highest BCUT2D eigenvalue weighted by atomic mass is 16.7. The molecule has 3 amide bonds. The minimum Gasteiger partial charge on any atom is -0.486 e. The molecule has 1 aliphatic rings. The molecule has 0 saturated carbocycles. The number of rotatable bonds is 6. The van der Waals surface area contributed by atoms with E-state index in [1.54, 1.807) is 12.1 Å². The topological polar surface area (TPSA) is 89.1 Å². The van der Waals surface area contributed by atoms with Gasteiger partial charge in [0.2, 0.25) is 0 Å². The van der Waals surface area contributed by atoms with Crippen molar-refractivity contribution in [3.8, 4) is 11.5 Å². The van der Waals surface area contributed by atoms with E-state index in [-0.39, 0.29) is 26.2 Å². The molecule has 2 rings (SSSR count). The van der Waals surface area contributed by atoms with Crippen molar-refractivity contribution in [2.45, 2.75) is 6.10 Å². The first-order valence-corrected chi connectivity index (χ1v) is 7.75. The largest absolute Gasteiger partial charge is 0.486 e. The van der Waals surface area contributed by atoms with Gasteiger partial charge in [-0.2, -0.15) is 0 Å². The summed E-state index contributed by atoms with van der Waals surface area (Å²) in [7, 11) is 0. The highest BCUT2D eigenvalue weighted by Gasteiger charge is 2.27. The number of urea groups is 1. The number of hydroxylamine groups is 2. The number of benzene rings is 1. The summed E-state index contributed by atoms with van der Waals surface area (Å²) in [5, 5.41) is 5.88. The Hall–Kier alpha value is -3.16. The molecule has 2 N–H and O–H groups in total. The lowest BCUT2D eigenvalue weighted by Crippen LogP contribution is -2.49. The third kappa shape index (κ3) is 5.45. The van der Waals surface area contributed by atoms with Crippen LogP contribution >= 0.6 is 0 Å². The molecule has 25 heavy (non-hydrogen) atoms. The summed E-state index contributed by atoms with van der Waals surface area (Å²) >= 11 is 0. The Labute approximate surface area is 146 Å². The van der Waals surface area contributed by atoms with Gasteiger partial charge in [-0.05, 0) is 12.1 Å². The lowest BCUT2D eigenvalue weighted by molar-refractivity contribution is -0.0829. The minimum atomic E-state index is -0.772. The molecule has 1 aromatic rings. The number of fused-ring (bicyclic) bond motifs is 1. The summed E-state index contributed by atoms with van der Waals surface area (Å²) in [6.07, 6.45) is 1.75. The van der Waals surface area contributed by atoms with E-state index < -0.39 is 18.2 Å². The van der Waals surface area contributed by atoms with Gasteiger partial charge < -0.3 is 24.9 Å². The lowest BCUT2D eigenvalue weighted by atomic mass is 10.2. The molecule has 0 aliphatic carbocycles. The van der Waals surface area contributed by atoms with E-state index in [4.69, 9.17) is 14.3 Å². The van der Waals surface area contributed by atoms with Gasteiger partial charge in [-0.25, -0.2) is 9.59 Å². The number of carbonyl (C=O) groups is 2. The van der Waals surface area contributed by atoms with Crippen LogP contribution in [0.25, 0.3) is 0 Å². The molecule has 134 valence electrons. The molecule has 8 heteroatoms. The van der Waals surface area contributed by atoms with E-state index in [2.05, 4.69) is 23.8 Å². The standard InChI is InChI=1S/C17H21N3O5/c1-3-9-18-16(21)20(25-17(22)19-10-4-2)11-13-12-23-14-7-5-6-8-15(14)24-13/h3-8,13H,1-2,9-12H2,(H,18,21)(H,19,22). The summed E-state index contributed by atoms with van der Waals surface area (Å²) in [5.41, 5.74) is 0. The molecule has 1 aliphatic heterocycles. The van der Waals surface area contributed by atoms with Crippen LogP contribution < -0.4 is 20.1 Å².